The van der Waals surface area contributed by atoms with Crippen molar-refractivity contribution < 1.29 is 4.74 Å². The molecule has 36 heavy (non-hydrogen) atoms. The van der Waals surface area contributed by atoms with Crippen molar-refractivity contribution in [3.63, 3.8) is 0 Å². The Morgan fingerprint density at radius 2 is 1.75 bits per heavy atom. The number of anilines is 1. The molecule has 0 bridgehead atoms. The minimum absolute atomic E-state index is 0.623. The third-order valence-corrected chi connectivity index (χ3v) is 6.89. The minimum Gasteiger partial charge on any atom is -0.491 e. The molecule has 0 saturated carbocycles. The minimum atomic E-state index is 0.623. The summed E-state index contributed by atoms with van der Waals surface area (Å²) in [6, 6.07) is 10.6. The van der Waals surface area contributed by atoms with E-state index >= 15 is 0 Å². The number of nitrogens with zero attached hydrogens (tertiary/aromatic N) is 5. The summed E-state index contributed by atoms with van der Waals surface area (Å²) in [5, 5.41) is 10.1. The lowest BCUT2D eigenvalue weighted by atomic mass is 10.0. The molecule has 5 heterocycles. The second kappa shape index (κ2) is 9.62. The Kier molecular flexibility index (Phi) is 6.03. The van der Waals surface area contributed by atoms with Crippen LogP contribution in [0.4, 0.5) is 5.69 Å². The summed E-state index contributed by atoms with van der Waals surface area (Å²) in [5.41, 5.74) is 7.20. The zero-order valence-corrected chi connectivity index (χ0v) is 20.8. The van der Waals surface area contributed by atoms with E-state index in [1.807, 2.05) is 38.8 Å². The number of hydrogen-bond acceptors (Lipinski definition) is 6. The predicted octanol–water partition coefficient (Wildman–Crippen LogP) is 5.10. The highest BCUT2D eigenvalue weighted by Gasteiger charge is 2.18. The van der Waals surface area contributed by atoms with Crippen LogP contribution in [0.2, 0.25) is 0 Å². The van der Waals surface area contributed by atoms with Gasteiger partial charge in [-0.3, -0.25) is 15.1 Å². The fraction of sp³-hybridized carbons (Fsp3) is 0.321. The van der Waals surface area contributed by atoms with Gasteiger partial charge < -0.3 is 19.5 Å². The number of likely N-dealkylation sites (N-methyl/N-ethyl adjacent to an activating group) is 1. The van der Waals surface area contributed by atoms with Crippen molar-refractivity contribution in [3.8, 4) is 28.3 Å². The molecule has 0 atom stereocenters. The van der Waals surface area contributed by atoms with E-state index in [0.29, 0.717) is 6.61 Å². The SMILES string of the molecule is CN(C)CCOc1cncc(-c2ccc3[nH]nc(-c4cc5c(N6CCCCC6)cncc5[nH]4)c3c2)c1. The van der Waals surface area contributed by atoms with Gasteiger partial charge in [0.25, 0.3) is 0 Å². The lowest BCUT2D eigenvalue weighted by Crippen LogP contribution is -2.29. The van der Waals surface area contributed by atoms with Crippen LogP contribution in [0.3, 0.4) is 0 Å². The van der Waals surface area contributed by atoms with Gasteiger partial charge in [0.2, 0.25) is 0 Å². The Morgan fingerprint density at radius 3 is 2.61 bits per heavy atom. The van der Waals surface area contributed by atoms with Crippen molar-refractivity contribution in [2.45, 2.75) is 19.3 Å². The summed E-state index contributed by atoms with van der Waals surface area (Å²) < 4.78 is 5.90. The Balaban J connectivity index is 1.34. The monoisotopic (exact) mass is 481 g/mol. The summed E-state index contributed by atoms with van der Waals surface area (Å²) in [7, 11) is 4.07. The largest absolute Gasteiger partial charge is 0.491 e. The molecular formula is C28H31N7O. The maximum absolute atomic E-state index is 5.90. The maximum atomic E-state index is 5.90. The average Bonchev–Trinajstić information content (AvgIpc) is 3.53. The van der Waals surface area contributed by atoms with E-state index in [0.717, 1.165) is 64.3 Å². The summed E-state index contributed by atoms with van der Waals surface area (Å²) in [6.07, 6.45) is 11.3. The van der Waals surface area contributed by atoms with Crippen molar-refractivity contribution in [1.29, 1.82) is 0 Å². The molecule has 4 aromatic heterocycles. The number of aromatic amines is 2. The molecule has 0 unspecified atom stereocenters. The molecule has 1 saturated heterocycles. The first kappa shape index (κ1) is 22.5. The smallest absolute Gasteiger partial charge is 0.138 e. The third kappa shape index (κ3) is 4.40. The van der Waals surface area contributed by atoms with Crippen LogP contribution in [0.5, 0.6) is 5.75 Å². The molecule has 1 aliphatic rings. The van der Waals surface area contributed by atoms with Gasteiger partial charge >= 0.3 is 0 Å². The molecule has 8 nitrogen and oxygen atoms in total. The van der Waals surface area contributed by atoms with Crippen LogP contribution < -0.4 is 9.64 Å². The number of fused-ring (bicyclic) bond motifs is 2. The van der Waals surface area contributed by atoms with Crippen molar-refractivity contribution in [3.05, 3.63) is 55.1 Å². The summed E-state index contributed by atoms with van der Waals surface area (Å²) >= 11 is 0. The number of piperidine rings is 1. The number of pyridine rings is 2. The molecule has 1 aromatic carbocycles. The molecule has 2 N–H and O–H groups in total. The first-order chi connectivity index (χ1) is 17.7. The number of hydrogen-bond donors (Lipinski definition) is 2. The third-order valence-electron chi connectivity index (χ3n) is 6.89. The van der Waals surface area contributed by atoms with E-state index < -0.39 is 0 Å². The Bertz CT molecular complexity index is 1500. The van der Waals surface area contributed by atoms with Gasteiger partial charge in [0.05, 0.1) is 41.0 Å². The highest BCUT2D eigenvalue weighted by molar-refractivity contribution is 6.00. The lowest BCUT2D eigenvalue weighted by molar-refractivity contribution is 0.261. The number of benzene rings is 1. The van der Waals surface area contributed by atoms with Crippen LogP contribution in [-0.4, -0.2) is 70.4 Å². The first-order valence-corrected chi connectivity index (χ1v) is 12.6. The van der Waals surface area contributed by atoms with Crippen LogP contribution >= 0.6 is 0 Å². The maximum Gasteiger partial charge on any atom is 0.138 e. The van der Waals surface area contributed by atoms with E-state index in [9.17, 15) is 0 Å². The molecule has 8 heteroatoms. The lowest BCUT2D eigenvalue weighted by Gasteiger charge is -2.28. The molecule has 0 amide bonds. The van der Waals surface area contributed by atoms with Gasteiger partial charge in [-0.15, -0.1) is 0 Å². The second-order valence-corrected chi connectivity index (χ2v) is 9.74. The van der Waals surface area contributed by atoms with Gasteiger partial charge in [-0.2, -0.15) is 5.10 Å². The molecule has 1 fully saturated rings. The van der Waals surface area contributed by atoms with Crippen LogP contribution in [0.1, 0.15) is 19.3 Å². The fourth-order valence-corrected chi connectivity index (χ4v) is 4.95. The van der Waals surface area contributed by atoms with Crippen LogP contribution in [0.15, 0.2) is 55.1 Å². The Hall–Kier alpha value is -3.91. The number of ether oxygens (including phenoxy) is 1. The van der Waals surface area contributed by atoms with E-state index in [2.05, 4.69) is 59.2 Å². The van der Waals surface area contributed by atoms with Gasteiger partial charge in [-0.1, -0.05) is 6.07 Å². The Morgan fingerprint density at radius 1 is 0.889 bits per heavy atom. The predicted molar refractivity (Wildman–Crippen MR) is 145 cm³/mol. The van der Waals surface area contributed by atoms with Crippen molar-refractivity contribution >= 4 is 27.5 Å². The standard InChI is InChI=1S/C28H31N7O/c1-34(2)10-11-36-21-12-20(15-29-16-21)19-6-7-24-23(13-19)28(33-32-24)25-14-22-26(31-25)17-30-18-27(22)35-8-4-3-5-9-35/h6-7,12-18,31H,3-5,8-11H2,1-2H3,(H,32,33). The van der Waals surface area contributed by atoms with Gasteiger partial charge in [-0.25, -0.2) is 0 Å². The summed E-state index contributed by atoms with van der Waals surface area (Å²) in [5.74, 6) is 0.773. The van der Waals surface area contributed by atoms with Gasteiger partial charge in [0.1, 0.15) is 18.1 Å². The van der Waals surface area contributed by atoms with Gasteiger partial charge in [-0.05, 0) is 63.2 Å². The quantitative estimate of drug-likeness (QED) is 0.336. The van der Waals surface area contributed by atoms with Gasteiger partial charge in [0, 0.05) is 42.2 Å². The molecule has 6 rings (SSSR count). The van der Waals surface area contributed by atoms with Crippen LogP contribution in [-0.2, 0) is 0 Å². The molecule has 0 spiro atoms. The number of aromatic nitrogens is 5. The number of rotatable bonds is 7. The molecular weight excluding hydrogens is 450 g/mol. The molecule has 5 aromatic rings. The normalized spacial score (nSPS) is 14.2. The number of H-pyrrole nitrogens is 2. The molecule has 1 aliphatic heterocycles. The number of nitrogens with one attached hydrogen (secondary N) is 2. The van der Waals surface area contributed by atoms with Gasteiger partial charge in [0.15, 0.2) is 0 Å². The topological polar surface area (TPSA) is 86.0 Å². The Labute approximate surface area is 210 Å². The zero-order chi connectivity index (χ0) is 24.5. The van der Waals surface area contributed by atoms with Crippen LogP contribution in [0, 0.1) is 0 Å². The molecule has 0 radical (unpaired) electrons. The van der Waals surface area contributed by atoms with Crippen molar-refractivity contribution in [2.24, 2.45) is 0 Å². The average molecular weight is 482 g/mol. The van der Waals surface area contributed by atoms with E-state index in [1.54, 1.807) is 6.20 Å². The van der Waals surface area contributed by atoms with Crippen molar-refractivity contribution in [1.82, 2.24) is 30.0 Å². The summed E-state index contributed by atoms with van der Waals surface area (Å²) in [4.78, 5) is 17.0. The van der Waals surface area contributed by atoms with E-state index in [1.165, 1.54) is 30.3 Å². The highest BCUT2D eigenvalue weighted by atomic mass is 16.5. The second-order valence-electron chi connectivity index (χ2n) is 9.74. The van der Waals surface area contributed by atoms with E-state index in [4.69, 9.17) is 4.74 Å². The van der Waals surface area contributed by atoms with Crippen molar-refractivity contribution in [2.75, 3.05) is 45.2 Å². The zero-order valence-electron chi connectivity index (χ0n) is 20.8. The molecule has 0 aliphatic carbocycles. The van der Waals surface area contributed by atoms with E-state index in [-0.39, 0.29) is 0 Å². The summed E-state index contributed by atoms with van der Waals surface area (Å²) in [6.45, 7) is 3.65. The first-order valence-electron chi connectivity index (χ1n) is 12.6. The van der Waals surface area contributed by atoms with Crippen LogP contribution in [0.25, 0.3) is 44.3 Å². The fourth-order valence-electron chi connectivity index (χ4n) is 4.95. The highest BCUT2D eigenvalue weighted by Crippen LogP contribution is 2.35. The molecule has 184 valence electrons.